The Bertz CT molecular complexity index is 416. The minimum Gasteiger partial charge on any atom is -0.352 e. The summed E-state index contributed by atoms with van der Waals surface area (Å²) in [5.74, 6) is 0.619. The standard InChI is InChI=1S/C13H16N2O/c16-13-11-6-2-1-5-10(11)12-9(8-15-13)4-3-7-14-12/h1-2,5-6,9,12,14H,3-4,7-8H2,(H,15,16). The van der Waals surface area contributed by atoms with Crippen LogP contribution in [0, 0.1) is 5.92 Å². The van der Waals surface area contributed by atoms with Crippen LogP contribution in [0.5, 0.6) is 0 Å². The molecule has 1 aromatic rings. The minimum absolute atomic E-state index is 0.0757. The number of piperidine rings is 1. The first-order chi connectivity index (χ1) is 7.86. The van der Waals surface area contributed by atoms with Gasteiger partial charge in [0.1, 0.15) is 0 Å². The molecule has 0 aromatic heterocycles. The Morgan fingerprint density at radius 3 is 3.06 bits per heavy atom. The Balaban J connectivity index is 2.06. The van der Waals surface area contributed by atoms with E-state index in [0.29, 0.717) is 12.0 Å². The molecule has 2 N–H and O–H groups in total. The zero-order chi connectivity index (χ0) is 11.0. The first-order valence-electron chi connectivity index (χ1n) is 5.97. The molecule has 2 heterocycles. The highest BCUT2D eigenvalue weighted by molar-refractivity contribution is 5.96. The van der Waals surface area contributed by atoms with Gasteiger partial charge in [-0.25, -0.2) is 0 Å². The summed E-state index contributed by atoms with van der Waals surface area (Å²) in [6.07, 6.45) is 2.41. The van der Waals surface area contributed by atoms with Gasteiger partial charge in [0.2, 0.25) is 0 Å². The number of carbonyl (C=O) groups is 1. The fourth-order valence-electron chi connectivity index (χ4n) is 2.83. The van der Waals surface area contributed by atoms with Crippen LogP contribution in [0.3, 0.4) is 0 Å². The van der Waals surface area contributed by atoms with Crippen LogP contribution in [-0.4, -0.2) is 19.0 Å². The number of carbonyl (C=O) groups excluding carboxylic acids is 1. The van der Waals surface area contributed by atoms with Crippen LogP contribution in [-0.2, 0) is 0 Å². The number of amides is 1. The summed E-state index contributed by atoms with van der Waals surface area (Å²) in [6, 6.07) is 8.30. The van der Waals surface area contributed by atoms with Crippen LogP contribution >= 0.6 is 0 Å². The molecular weight excluding hydrogens is 200 g/mol. The average Bonchev–Trinajstić information content (AvgIpc) is 2.49. The van der Waals surface area contributed by atoms with Crippen LogP contribution in [0.1, 0.15) is 34.8 Å². The molecule has 3 heteroatoms. The van der Waals surface area contributed by atoms with Gasteiger partial charge in [-0.1, -0.05) is 18.2 Å². The van der Waals surface area contributed by atoms with E-state index >= 15 is 0 Å². The molecule has 1 fully saturated rings. The van der Waals surface area contributed by atoms with Crippen LogP contribution in [0.15, 0.2) is 24.3 Å². The summed E-state index contributed by atoms with van der Waals surface area (Å²) in [5, 5.41) is 6.57. The Labute approximate surface area is 95.2 Å². The lowest BCUT2D eigenvalue weighted by Crippen LogP contribution is -2.37. The molecule has 2 unspecified atom stereocenters. The molecule has 84 valence electrons. The number of fused-ring (bicyclic) bond motifs is 3. The summed E-state index contributed by atoms with van der Waals surface area (Å²) in [5.41, 5.74) is 2.01. The van der Waals surface area contributed by atoms with E-state index in [0.717, 1.165) is 18.7 Å². The summed E-state index contributed by atoms with van der Waals surface area (Å²) >= 11 is 0. The second kappa shape index (κ2) is 3.91. The molecular formula is C13H16N2O. The van der Waals surface area contributed by atoms with Crippen molar-refractivity contribution in [3.8, 4) is 0 Å². The molecule has 0 radical (unpaired) electrons. The molecule has 1 aromatic carbocycles. The summed E-state index contributed by atoms with van der Waals surface area (Å²) in [6.45, 7) is 1.86. The Morgan fingerprint density at radius 2 is 2.12 bits per heavy atom. The first-order valence-corrected chi connectivity index (χ1v) is 5.97. The van der Waals surface area contributed by atoms with Crippen molar-refractivity contribution in [2.24, 2.45) is 5.92 Å². The third-order valence-electron chi connectivity index (χ3n) is 3.65. The molecule has 0 bridgehead atoms. The second-order valence-electron chi connectivity index (χ2n) is 4.63. The zero-order valence-corrected chi connectivity index (χ0v) is 9.20. The van der Waals surface area contributed by atoms with Crippen molar-refractivity contribution >= 4 is 5.91 Å². The molecule has 3 nitrogen and oxygen atoms in total. The topological polar surface area (TPSA) is 41.1 Å². The van der Waals surface area contributed by atoms with Crippen molar-refractivity contribution in [1.29, 1.82) is 0 Å². The molecule has 0 saturated carbocycles. The number of nitrogens with one attached hydrogen (secondary N) is 2. The number of hydrogen-bond donors (Lipinski definition) is 2. The minimum atomic E-state index is 0.0757. The van der Waals surface area contributed by atoms with Crippen LogP contribution < -0.4 is 10.6 Å². The van der Waals surface area contributed by atoms with Gasteiger partial charge in [-0.2, -0.15) is 0 Å². The highest BCUT2D eigenvalue weighted by atomic mass is 16.1. The summed E-state index contributed by atoms with van der Waals surface area (Å²) < 4.78 is 0. The first kappa shape index (κ1) is 9.85. The third kappa shape index (κ3) is 1.52. The van der Waals surface area contributed by atoms with Crippen molar-refractivity contribution in [2.45, 2.75) is 18.9 Å². The van der Waals surface area contributed by atoms with E-state index in [4.69, 9.17) is 0 Å². The Kier molecular flexibility index (Phi) is 2.40. The lowest BCUT2D eigenvalue weighted by Gasteiger charge is -2.31. The quantitative estimate of drug-likeness (QED) is 0.689. The zero-order valence-electron chi connectivity index (χ0n) is 9.20. The van der Waals surface area contributed by atoms with Crippen molar-refractivity contribution in [1.82, 2.24) is 10.6 Å². The SMILES string of the molecule is O=C1NCC2CCCNC2c2ccccc21. The van der Waals surface area contributed by atoms with Gasteiger partial charge < -0.3 is 10.6 Å². The van der Waals surface area contributed by atoms with E-state index in [1.807, 2.05) is 18.2 Å². The largest absolute Gasteiger partial charge is 0.352 e. The maximum atomic E-state index is 11.9. The van der Waals surface area contributed by atoms with E-state index in [1.54, 1.807) is 0 Å². The van der Waals surface area contributed by atoms with Crippen molar-refractivity contribution in [3.05, 3.63) is 35.4 Å². The number of benzene rings is 1. The monoisotopic (exact) mass is 216 g/mol. The Morgan fingerprint density at radius 1 is 1.25 bits per heavy atom. The van der Waals surface area contributed by atoms with Gasteiger partial charge in [0, 0.05) is 18.2 Å². The second-order valence-corrected chi connectivity index (χ2v) is 4.63. The summed E-state index contributed by atoms with van der Waals surface area (Å²) in [4.78, 5) is 11.9. The van der Waals surface area contributed by atoms with Crippen molar-refractivity contribution in [2.75, 3.05) is 13.1 Å². The molecule has 16 heavy (non-hydrogen) atoms. The van der Waals surface area contributed by atoms with E-state index in [1.165, 1.54) is 18.4 Å². The maximum Gasteiger partial charge on any atom is 0.251 e. The van der Waals surface area contributed by atoms with Crippen LogP contribution in [0.4, 0.5) is 0 Å². The normalized spacial score (nSPS) is 28.6. The molecule has 2 atom stereocenters. The van der Waals surface area contributed by atoms with E-state index in [2.05, 4.69) is 16.7 Å². The number of rotatable bonds is 0. The van der Waals surface area contributed by atoms with Gasteiger partial charge in [0.15, 0.2) is 0 Å². The number of hydrogen-bond acceptors (Lipinski definition) is 2. The van der Waals surface area contributed by atoms with Crippen molar-refractivity contribution < 1.29 is 4.79 Å². The fraction of sp³-hybridized carbons (Fsp3) is 0.462. The van der Waals surface area contributed by atoms with E-state index in [-0.39, 0.29) is 5.91 Å². The van der Waals surface area contributed by atoms with Gasteiger partial charge in [-0.15, -0.1) is 0 Å². The average molecular weight is 216 g/mol. The van der Waals surface area contributed by atoms with Gasteiger partial charge in [0.25, 0.3) is 5.91 Å². The predicted octanol–water partition coefficient (Wildman–Crippen LogP) is 1.47. The lowest BCUT2D eigenvalue weighted by atomic mass is 9.85. The molecule has 0 aliphatic carbocycles. The van der Waals surface area contributed by atoms with Crippen LogP contribution in [0.2, 0.25) is 0 Å². The molecule has 1 saturated heterocycles. The van der Waals surface area contributed by atoms with Gasteiger partial charge in [-0.05, 0) is 36.9 Å². The van der Waals surface area contributed by atoms with E-state index in [9.17, 15) is 4.79 Å². The molecule has 1 amide bonds. The van der Waals surface area contributed by atoms with E-state index < -0.39 is 0 Å². The van der Waals surface area contributed by atoms with Crippen LogP contribution in [0.25, 0.3) is 0 Å². The lowest BCUT2D eigenvalue weighted by molar-refractivity contribution is 0.0949. The van der Waals surface area contributed by atoms with Gasteiger partial charge in [-0.3, -0.25) is 4.79 Å². The van der Waals surface area contributed by atoms with Gasteiger partial charge in [0.05, 0.1) is 0 Å². The smallest absolute Gasteiger partial charge is 0.251 e. The fourth-order valence-corrected chi connectivity index (χ4v) is 2.83. The maximum absolute atomic E-state index is 11.9. The summed E-state index contributed by atoms with van der Waals surface area (Å²) in [7, 11) is 0. The highest BCUT2D eigenvalue weighted by Gasteiger charge is 2.31. The molecule has 2 aliphatic rings. The molecule has 3 rings (SSSR count). The third-order valence-corrected chi connectivity index (χ3v) is 3.65. The predicted molar refractivity (Wildman–Crippen MR) is 62.2 cm³/mol. The Hall–Kier alpha value is -1.35. The van der Waals surface area contributed by atoms with Crippen molar-refractivity contribution in [3.63, 3.8) is 0 Å². The highest BCUT2D eigenvalue weighted by Crippen LogP contribution is 2.32. The molecule has 2 aliphatic heterocycles. The van der Waals surface area contributed by atoms with Gasteiger partial charge >= 0.3 is 0 Å². The molecule has 0 spiro atoms.